The third-order valence-electron chi connectivity index (χ3n) is 3.13. The summed E-state index contributed by atoms with van der Waals surface area (Å²) in [6.45, 7) is 2.15. The molecular weight excluding hydrogens is 334 g/mol. The van der Waals surface area contributed by atoms with Crippen LogP contribution in [0, 0.1) is 0 Å². The van der Waals surface area contributed by atoms with Crippen LogP contribution in [0.15, 0.2) is 42.7 Å². The van der Waals surface area contributed by atoms with Gasteiger partial charge < -0.3 is 4.74 Å². The second-order valence-electron chi connectivity index (χ2n) is 4.55. The fraction of sp³-hybridized carbons (Fsp3) is 0.250. The fourth-order valence-electron chi connectivity index (χ4n) is 2.00. The van der Waals surface area contributed by atoms with Crippen molar-refractivity contribution in [2.45, 2.75) is 20.0 Å². The van der Waals surface area contributed by atoms with Crippen LogP contribution < -0.4 is 0 Å². The van der Waals surface area contributed by atoms with Crippen LogP contribution in [0.5, 0.6) is 0 Å². The average molecular weight is 350 g/mol. The lowest BCUT2D eigenvalue weighted by atomic mass is 10.1. The monoisotopic (exact) mass is 349 g/mol. The van der Waals surface area contributed by atoms with Crippen LogP contribution in [0.3, 0.4) is 0 Å². The highest BCUT2D eigenvalue weighted by Crippen LogP contribution is 2.14. The molecule has 0 bridgehead atoms. The van der Waals surface area contributed by atoms with E-state index in [0.29, 0.717) is 12.0 Å². The van der Waals surface area contributed by atoms with Gasteiger partial charge in [0.2, 0.25) is 0 Å². The average Bonchev–Trinajstić information content (AvgIpc) is 2.97. The Balaban J connectivity index is 2.09. The molecule has 0 unspecified atom stereocenters. The van der Waals surface area contributed by atoms with Gasteiger partial charge in [-0.2, -0.15) is 0 Å². The zero-order valence-corrected chi connectivity index (χ0v) is 13.3. The summed E-state index contributed by atoms with van der Waals surface area (Å²) in [5.41, 5.74) is 2.33. The molecule has 0 amide bonds. The normalized spacial score (nSPS) is 10.4. The van der Waals surface area contributed by atoms with Gasteiger partial charge in [0.25, 0.3) is 0 Å². The molecule has 1 heterocycles. The van der Waals surface area contributed by atoms with E-state index in [1.165, 1.54) is 10.8 Å². The number of Topliss-reactive ketones (excluding diaryl/α,β-unsaturated/α-hetero) is 1. The summed E-state index contributed by atoms with van der Waals surface area (Å²) in [5, 5.41) is 0.239. The Bertz CT molecular complexity index is 634. The molecule has 0 saturated carbocycles. The first-order chi connectivity index (χ1) is 10.2. The van der Waals surface area contributed by atoms with Gasteiger partial charge >= 0.3 is 6.09 Å². The third-order valence-corrected chi connectivity index (χ3v) is 3.64. The maximum absolute atomic E-state index is 12.0. The van der Waals surface area contributed by atoms with Gasteiger partial charge in [-0.3, -0.25) is 9.36 Å². The summed E-state index contributed by atoms with van der Waals surface area (Å²) in [4.78, 5) is 23.8. The van der Waals surface area contributed by atoms with Crippen molar-refractivity contribution >= 4 is 27.8 Å². The van der Waals surface area contributed by atoms with E-state index in [-0.39, 0.29) is 17.7 Å². The minimum absolute atomic E-state index is 0.0403. The minimum Gasteiger partial charge on any atom is -0.444 e. The number of hydrogen-bond acceptors (Lipinski definition) is 3. The summed E-state index contributed by atoms with van der Waals surface area (Å²) < 4.78 is 6.57. The molecule has 0 N–H and O–H groups in total. The van der Waals surface area contributed by atoms with E-state index in [4.69, 9.17) is 4.74 Å². The molecule has 2 rings (SSSR count). The lowest BCUT2D eigenvalue weighted by Gasteiger charge is -2.04. The Morgan fingerprint density at radius 3 is 2.52 bits per heavy atom. The van der Waals surface area contributed by atoms with Crippen LogP contribution in [-0.4, -0.2) is 21.8 Å². The van der Waals surface area contributed by atoms with Crippen LogP contribution in [0.2, 0.25) is 0 Å². The molecule has 0 spiro atoms. The zero-order chi connectivity index (χ0) is 15.2. The number of ether oxygens (including phenoxy) is 1. The van der Waals surface area contributed by atoms with E-state index in [2.05, 4.69) is 15.9 Å². The number of halogens is 1. The molecule has 0 aliphatic heterocycles. The third kappa shape index (κ3) is 3.82. The highest BCUT2D eigenvalue weighted by molar-refractivity contribution is 9.09. The van der Waals surface area contributed by atoms with E-state index in [0.717, 1.165) is 11.1 Å². The predicted molar refractivity (Wildman–Crippen MR) is 84.0 cm³/mol. The molecule has 1 aromatic heterocycles. The molecule has 21 heavy (non-hydrogen) atoms. The number of hydrogen-bond donors (Lipinski definition) is 0. The van der Waals surface area contributed by atoms with Gasteiger partial charge in [-0.05, 0) is 17.5 Å². The molecular formula is C16H16BrNO3. The summed E-state index contributed by atoms with van der Waals surface area (Å²) in [6.07, 6.45) is 3.40. The first-order valence-corrected chi connectivity index (χ1v) is 7.79. The molecule has 0 radical (unpaired) electrons. The zero-order valence-electron chi connectivity index (χ0n) is 11.7. The molecule has 2 aromatic rings. The topological polar surface area (TPSA) is 48.3 Å². The number of benzene rings is 1. The summed E-state index contributed by atoms with van der Waals surface area (Å²) in [6, 6.07) is 9.46. The number of aryl methyl sites for hydroxylation is 1. The van der Waals surface area contributed by atoms with Crippen molar-refractivity contribution in [2.75, 3.05) is 5.33 Å². The predicted octanol–water partition coefficient (Wildman–Crippen LogP) is 3.81. The second-order valence-corrected chi connectivity index (χ2v) is 5.12. The van der Waals surface area contributed by atoms with Gasteiger partial charge in [0.1, 0.15) is 6.61 Å². The fourth-order valence-corrected chi connectivity index (χ4v) is 2.30. The maximum atomic E-state index is 12.0. The van der Waals surface area contributed by atoms with Crippen molar-refractivity contribution in [1.82, 2.24) is 4.57 Å². The molecule has 0 atom stereocenters. The lowest BCUT2D eigenvalue weighted by molar-refractivity contribution is 0.102. The smallest absolute Gasteiger partial charge is 0.418 e. The van der Waals surface area contributed by atoms with E-state index in [1.807, 2.05) is 37.3 Å². The molecule has 0 saturated heterocycles. The SMILES string of the molecule is CCc1cn(C(=O)OCc2ccccc2)cc1C(=O)CBr. The summed E-state index contributed by atoms with van der Waals surface area (Å²) in [7, 11) is 0. The quantitative estimate of drug-likeness (QED) is 0.609. The van der Waals surface area contributed by atoms with Gasteiger partial charge in [-0.1, -0.05) is 53.2 Å². The van der Waals surface area contributed by atoms with Gasteiger partial charge in [0.15, 0.2) is 5.78 Å². The van der Waals surface area contributed by atoms with Crippen LogP contribution in [0.25, 0.3) is 0 Å². The molecule has 4 nitrogen and oxygen atoms in total. The van der Waals surface area contributed by atoms with Gasteiger partial charge in [-0.25, -0.2) is 4.79 Å². The maximum Gasteiger partial charge on any atom is 0.418 e. The summed E-state index contributed by atoms with van der Waals surface area (Å²) >= 11 is 3.15. The van der Waals surface area contributed by atoms with Crippen LogP contribution in [0.4, 0.5) is 4.79 Å². The second kappa shape index (κ2) is 7.22. The molecule has 0 fully saturated rings. The van der Waals surface area contributed by atoms with Gasteiger partial charge in [-0.15, -0.1) is 0 Å². The van der Waals surface area contributed by atoms with Crippen molar-refractivity contribution < 1.29 is 14.3 Å². The number of aromatic nitrogens is 1. The minimum atomic E-state index is -0.484. The Labute approximate surface area is 131 Å². The van der Waals surface area contributed by atoms with Crippen molar-refractivity contribution in [3.8, 4) is 0 Å². The first-order valence-electron chi connectivity index (χ1n) is 6.66. The number of rotatable bonds is 5. The number of alkyl halides is 1. The van der Waals surface area contributed by atoms with Crippen molar-refractivity contribution in [1.29, 1.82) is 0 Å². The standard InChI is InChI=1S/C16H16BrNO3/c1-2-13-9-18(10-14(13)15(19)8-17)16(20)21-11-12-6-4-3-5-7-12/h3-7,9-10H,2,8,11H2,1H3. The lowest BCUT2D eigenvalue weighted by Crippen LogP contribution is -2.11. The van der Waals surface area contributed by atoms with E-state index in [9.17, 15) is 9.59 Å². The summed E-state index contributed by atoms with van der Waals surface area (Å²) in [5.74, 6) is -0.0403. The Hall–Kier alpha value is -1.88. The van der Waals surface area contributed by atoms with Crippen molar-refractivity contribution in [3.05, 3.63) is 59.4 Å². The highest BCUT2D eigenvalue weighted by Gasteiger charge is 2.16. The molecule has 110 valence electrons. The van der Waals surface area contributed by atoms with E-state index >= 15 is 0 Å². The van der Waals surface area contributed by atoms with Crippen LogP contribution in [-0.2, 0) is 17.8 Å². The van der Waals surface area contributed by atoms with Crippen LogP contribution in [0.1, 0.15) is 28.4 Å². The largest absolute Gasteiger partial charge is 0.444 e. The number of carbonyl (C=O) groups is 2. The Kier molecular flexibility index (Phi) is 5.33. The van der Waals surface area contributed by atoms with Crippen molar-refractivity contribution in [2.24, 2.45) is 0 Å². The molecule has 0 aliphatic carbocycles. The van der Waals surface area contributed by atoms with Gasteiger partial charge in [0.05, 0.1) is 5.33 Å². The number of ketones is 1. The molecule has 5 heteroatoms. The van der Waals surface area contributed by atoms with E-state index < -0.39 is 6.09 Å². The number of carbonyl (C=O) groups excluding carboxylic acids is 2. The van der Waals surface area contributed by atoms with Crippen molar-refractivity contribution in [3.63, 3.8) is 0 Å². The number of nitrogens with zero attached hydrogens (tertiary/aromatic N) is 1. The highest BCUT2D eigenvalue weighted by atomic mass is 79.9. The van der Waals surface area contributed by atoms with Crippen LogP contribution >= 0.6 is 15.9 Å². The first kappa shape index (κ1) is 15.5. The Morgan fingerprint density at radius 2 is 1.90 bits per heavy atom. The molecule has 0 aliphatic rings. The Morgan fingerprint density at radius 1 is 1.19 bits per heavy atom. The van der Waals surface area contributed by atoms with Gasteiger partial charge in [0, 0.05) is 18.0 Å². The van der Waals surface area contributed by atoms with E-state index in [1.54, 1.807) is 6.20 Å². The molecule has 1 aromatic carbocycles.